The summed E-state index contributed by atoms with van der Waals surface area (Å²) in [5.74, 6) is -4.35. The summed E-state index contributed by atoms with van der Waals surface area (Å²) >= 11 is 5.87. The van der Waals surface area contributed by atoms with Crippen molar-refractivity contribution in [3.8, 4) is 5.75 Å². The molecule has 17 nitrogen and oxygen atoms in total. The summed E-state index contributed by atoms with van der Waals surface area (Å²) in [5.41, 5.74) is 0.351. The summed E-state index contributed by atoms with van der Waals surface area (Å²) in [6.45, 7) is 3.93. The maximum Gasteiger partial charge on any atom is 0.328 e. The van der Waals surface area contributed by atoms with Crippen LogP contribution in [0.15, 0.2) is 42.5 Å². The summed E-state index contributed by atoms with van der Waals surface area (Å²) < 4.78 is 25.7. The van der Waals surface area contributed by atoms with Crippen molar-refractivity contribution in [2.45, 2.75) is 75.8 Å². The van der Waals surface area contributed by atoms with Crippen LogP contribution in [0.3, 0.4) is 0 Å². The van der Waals surface area contributed by atoms with E-state index in [1.807, 2.05) is 18.9 Å². The Labute approximate surface area is 346 Å². The Morgan fingerprint density at radius 1 is 0.949 bits per heavy atom. The van der Waals surface area contributed by atoms with Crippen molar-refractivity contribution in [1.29, 1.82) is 0 Å². The molecule has 0 aliphatic carbocycles. The van der Waals surface area contributed by atoms with Gasteiger partial charge < -0.3 is 50.3 Å². The maximum atomic E-state index is 14.6. The van der Waals surface area contributed by atoms with Crippen molar-refractivity contribution in [1.82, 2.24) is 35.6 Å². The number of carbonyl (C=O) groups is 7. The monoisotopic (exact) mass is 840 g/mol. The van der Waals surface area contributed by atoms with Gasteiger partial charge in [0.1, 0.15) is 54.4 Å². The predicted octanol–water partition coefficient (Wildman–Crippen LogP) is 1.14. The van der Waals surface area contributed by atoms with Gasteiger partial charge in [-0.25, -0.2) is 14.0 Å². The van der Waals surface area contributed by atoms with E-state index in [0.29, 0.717) is 24.3 Å². The van der Waals surface area contributed by atoms with E-state index in [4.69, 9.17) is 21.1 Å². The standard InChI is InChI=1S/C40H50ClFN8O9/c1-22-15-32-39(56)59-21-30(44-34(51)29(17-24-7-5-8-26(16-24)58-4)46-40(57)45-28-11-10-25(41)18-27(28)42)37(54)48-12-6-9-31(48)38(55)49-14-13-47(3)20-33(49)35(52)43-23(2)36(53)50(32)19-22/h5,7-8,10-11,16,18,22-23,29-33H,6,9,12-15,17,19-21H2,1-4H3,(H,43,52)(H,44,51)(H2,45,46,57)/t22-,23+,29+,30+,31+,32+,33+/m1/s1. The Bertz CT molecular complexity index is 1970. The van der Waals surface area contributed by atoms with E-state index in [9.17, 15) is 38.0 Å². The van der Waals surface area contributed by atoms with Gasteiger partial charge in [-0.3, -0.25) is 24.0 Å². The van der Waals surface area contributed by atoms with Gasteiger partial charge in [0.05, 0.1) is 12.8 Å². The number of nitrogens with zero attached hydrogens (tertiary/aromatic N) is 4. The third kappa shape index (κ3) is 10.0. The van der Waals surface area contributed by atoms with Crippen LogP contribution in [0, 0.1) is 11.7 Å². The molecule has 6 rings (SSSR count). The molecule has 0 saturated carbocycles. The lowest BCUT2D eigenvalue weighted by Crippen LogP contribution is -2.65. The quantitative estimate of drug-likeness (QED) is 0.294. The second kappa shape index (κ2) is 18.6. The second-order valence-electron chi connectivity index (χ2n) is 15.6. The molecule has 0 aromatic heterocycles. The number of carbonyl (C=O) groups excluding carboxylic acids is 7. The molecule has 0 radical (unpaired) electrons. The molecule has 59 heavy (non-hydrogen) atoms. The van der Waals surface area contributed by atoms with Crippen LogP contribution in [0.4, 0.5) is 14.9 Å². The number of esters is 1. The molecule has 4 heterocycles. The first-order chi connectivity index (χ1) is 28.1. The predicted molar refractivity (Wildman–Crippen MR) is 212 cm³/mol. The van der Waals surface area contributed by atoms with Gasteiger partial charge in [-0.15, -0.1) is 0 Å². The average Bonchev–Trinajstić information content (AvgIpc) is 3.86. The van der Waals surface area contributed by atoms with E-state index in [0.717, 1.165) is 6.07 Å². The van der Waals surface area contributed by atoms with Crippen LogP contribution in [0.2, 0.25) is 5.02 Å². The average molecular weight is 841 g/mol. The second-order valence-corrected chi connectivity index (χ2v) is 16.0. The Morgan fingerprint density at radius 2 is 1.71 bits per heavy atom. The number of anilines is 1. The summed E-state index contributed by atoms with van der Waals surface area (Å²) in [6, 6.07) is 2.47. The number of amides is 7. The van der Waals surface area contributed by atoms with Gasteiger partial charge in [0.25, 0.3) is 0 Å². The van der Waals surface area contributed by atoms with Gasteiger partial charge in [0, 0.05) is 44.2 Å². The minimum Gasteiger partial charge on any atom is -0.497 e. The topological polar surface area (TPSA) is 199 Å². The minimum absolute atomic E-state index is 0.0972. The van der Waals surface area contributed by atoms with E-state index >= 15 is 0 Å². The first kappa shape index (κ1) is 43.1. The van der Waals surface area contributed by atoms with Crippen molar-refractivity contribution < 1.29 is 47.4 Å². The zero-order chi connectivity index (χ0) is 42.5. The highest BCUT2D eigenvalue weighted by Crippen LogP contribution is 2.27. The lowest BCUT2D eigenvalue weighted by molar-refractivity contribution is -0.158. The van der Waals surface area contributed by atoms with Crippen LogP contribution in [0.1, 0.15) is 38.7 Å². The van der Waals surface area contributed by atoms with Gasteiger partial charge >= 0.3 is 12.0 Å². The summed E-state index contributed by atoms with van der Waals surface area (Å²) in [6.07, 6.45) is 0.856. The number of hydrogen-bond acceptors (Lipinski definition) is 10. The van der Waals surface area contributed by atoms with Gasteiger partial charge in [-0.2, -0.15) is 0 Å². The molecule has 2 aromatic carbocycles. The molecule has 4 fully saturated rings. The molecule has 4 aliphatic rings. The van der Waals surface area contributed by atoms with Crippen molar-refractivity contribution in [3.63, 3.8) is 0 Å². The molecule has 4 saturated heterocycles. The number of ether oxygens (including phenoxy) is 2. The highest BCUT2D eigenvalue weighted by Gasteiger charge is 2.46. The minimum atomic E-state index is -1.55. The third-order valence-electron chi connectivity index (χ3n) is 11.2. The molecule has 0 spiro atoms. The molecule has 4 aliphatic heterocycles. The smallest absolute Gasteiger partial charge is 0.328 e. The van der Waals surface area contributed by atoms with E-state index in [1.54, 1.807) is 24.3 Å². The molecular weight excluding hydrogens is 791 g/mol. The van der Waals surface area contributed by atoms with Crippen LogP contribution < -0.4 is 26.0 Å². The number of likely N-dealkylation sites (N-methyl/N-ethyl adjacent to an activating group) is 1. The molecule has 4 N–H and O–H groups in total. The van der Waals surface area contributed by atoms with Crippen molar-refractivity contribution in [2.75, 3.05) is 58.8 Å². The van der Waals surface area contributed by atoms with Crippen LogP contribution in [0.25, 0.3) is 0 Å². The van der Waals surface area contributed by atoms with E-state index in [-0.39, 0.29) is 62.1 Å². The number of urea groups is 1. The fraction of sp³-hybridized carbons (Fsp3) is 0.525. The molecule has 2 aromatic rings. The van der Waals surface area contributed by atoms with Crippen LogP contribution in [0.5, 0.6) is 5.75 Å². The van der Waals surface area contributed by atoms with Gasteiger partial charge in [0.15, 0.2) is 0 Å². The number of rotatable bonds is 7. The Kier molecular flexibility index (Phi) is 13.6. The molecular formula is C40H50ClFN8O9. The number of nitrogens with one attached hydrogen (secondary N) is 4. The summed E-state index contributed by atoms with van der Waals surface area (Å²) in [5, 5.41) is 10.5. The molecule has 0 unspecified atom stereocenters. The first-order valence-electron chi connectivity index (χ1n) is 19.7. The number of piperazine rings is 1. The molecule has 7 amide bonds. The zero-order valence-corrected chi connectivity index (χ0v) is 34.1. The fourth-order valence-electron chi connectivity index (χ4n) is 8.08. The fourth-order valence-corrected chi connectivity index (χ4v) is 8.24. The number of methoxy groups -OCH3 is 1. The van der Waals surface area contributed by atoms with E-state index < -0.39 is 90.2 Å². The summed E-state index contributed by atoms with van der Waals surface area (Å²) in [4.78, 5) is 104. The Balaban J connectivity index is 1.32. The lowest BCUT2D eigenvalue weighted by atomic mass is 10.0. The van der Waals surface area contributed by atoms with Crippen molar-refractivity contribution in [3.05, 3.63) is 58.9 Å². The lowest BCUT2D eigenvalue weighted by Gasteiger charge is -2.42. The van der Waals surface area contributed by atoms with E-state index in [2.05, 4.69) is 21.3 Å². The van der Waals surface area contributed by atoms with Crippen LogP contribution >= 0.6 is 11.6 Å². The largest absolute Gasteiger partial charge is 0.497 e. The third-order valence-corrected chi connectivity index (χ3v) is 11.4. The SMILES string of the molecule is COc1cccc(C[C@H](NC(=O)Nc2ccc(Cl)cc2F)C(=O)N[C@H]2COC(=O)[C@@H]3C[C@@H](C)CN3C(=O)[C@H](C)NC(=O)[C@@H]3CN(C)CCN3C(=O)[C@@H]3CCCN3C2=O)c1. The van der Waals surface area contributed by atoms with Crippen LogP contribution in [-0.4, -0.2) is 151 Å². The van der Waals surface area contributed by atoms with Gasteiger partial charge in [-0.1, -0.05) is 30.7 Å². The number of hydrogen-bond donors (Lipinski definition) is 4. The number of benzene rings is 2. The van der Waals surface area contributed by atoms with Gasteiger partial charge in [-0.05, 0) is 75.0 Å². The Morgan fingerprint density at radius 3 is 2.46 bits per heavy atom. The highest BCUT2D eigenvalue weighted by atomic mass is 35.5. The summed E-state index contributed by atoms with van der Waals surface area (Å²) in [7, 11) is 3.29. The van der Waals surface area contributed by atoms with Crippen LogP contribution in [-0.2, 0) is 39.9 Å². The number of cyclic esters (lactones) is 1. The Hall–Kier alpha value is -5.49. The van der Waals surface area contributed by atoms with E-state index in [1.165, 1.54) is 40.9 Å². The number of fused-ring (bicyclic) bond motifs is 3. The van der Waals surface area contributed by atoms with Crippen molar-refractivity contribution in [2.24, 2.45) is 5.92 Å². The normalized spacial score (nSPS) is 26.3. The van der Waals surface area contributed by atoms with Crippen molar-refractivity contribution >= 4 is 58.8 Å². The molecule has 0 bridgehead atoms. The number of halogens is 2. The highest BCUT2D eigenvalue weighted by molar-refractivity contribution is 6.30. The molecule has 19 heteroatoms. The maximum absolute atomic E-state index is 14.6. The zero-order valence-electron chi connectivity index (χ0n) is 33.4. The molecule has 318 valence electrons. The van der Waals surface area contributed by atoms with Gasteiger partial charge in [0.2, 0.25) is 29.5 Å². The first-order valence-corrected chi connectivity index (χ1v) is 20.0. The molecule has 7 atom stereocenters.